The van der Waals surface area contributed by atoms with E-state index in [0.717, 1.165) is 19.3 Å². The van der Waals surface area contributed by atoms with E-state index in [9.17, 15) is 9.59 Å². The van der Waals surface area contributed by atoms with Crippen molar-refractivity contribution in [2.24, 2.45) is 0 Å². The molecule has 0 aliphatic carbocycles. The SMILES string of the molecule is CCCCCN(Cc1nc(C(=O)OC)co1)C(=O)Nc1ccc(Cl)c(Cl)c1. The van der Waals surface area contributed by atoms with E-state index >= 15 is 0 Å². The molecule has 0 aliphatic heterocycles. The highest BCUT2D eigenvalue weighted by Crippen LogP contribution is 2.25. The van der Waals surface area contributed by atoms with Gasteiger partial charge in [0.2, 0.25) is 5.89 Å². The third-order valence-corrected chi connectivity index (χ3v) is 4.50. The van der Waals surface area contributed by atoms with Crippen LogP contribution in [0.2, 0.25) is 10.0 Å². The third kappa shape index (κ3) is 6.15. The molecule has 9 heteroatoms. The minimum atomic E-state index is -0.595. The molecule has 1 aromatic carbocycles. The van der Waals surface area contributed by atoms with Crippen molar-refractivity contribution in [1.29, 1.82) is 0 Å². The second-order valence-electron chi connectivity index (χ2n) is 5.81. The molecule has 0 saturated carbocycles. The number of urea groups is 1. The predicted octanol–water partition coefficient (Wildman–Crippen LogP) is 4.99. The molecule has 0 atom stereocenters. The molecule has 0 saturated heterocycles. The molecule has 27 heavy (non-hydrogen) atoms. The Morgan fingerprint density at radius 2 is 2.04 bits per heavy atom. The second-order valence-corrected chi connectivity index (χ2v) is 6.62. The van der Waals surface area contributed by atoms with Crippen LogP contribution in [0.4, 0.5) is 10.5 Å². The number of hydrogen-bond donors (Lipinski definition) is 1. The maximum Gasteiger partial charge on any atom is 0.360 e. The van der Waals surface area contributed by atoms with Crippen molar-refractivity contribution >= 4 is 40.9 Å². The molecule has 2 aromatic rings. The second kappa shape index (κ2) is 10.2. The number of hydrogen-bond acceptors (Lipinski definition) is 5. The Morgan fingerprint density at radius 1 is 1.26 bits per heavy atom. The van der Waals surface area contributed by atoms with Gasteiger partial charge in [0.05, 0.1) is 23.7 Å². The van der Waals surface area contributed by atoms with Gasteiger partial charge in [-0.3, -0.25) is 0 Å². The van der Waals surface area contributed by atoms with E-state index < -0.39 is 5.97 Å². The predicted molar refractivity (Wildman–Crippen MR) is 103 cm³/mol. The molecule has 146 valence electrons. The Kier molecular flexibility index (Phi) is 7.94. The van der Waals surface area contributed by atoms with Crippen molar-refractivity contribution in [1.82, 2.24) is 9.88 Å². The molecule has 7 nitrogen and oxygen atoms in total. The van der Waals surface area contributed by atoms with Crippen molar-refractivity contribution in [2.45, 2.75) is 32.7 Å². The van der Waals surface area contributed by atoms with Crippen LogP contribution in [-0.4, -0.2) is 35.5 Å². The average molecular weight is 414 g/mol. The maximum atomic E-state index is 12.7. The summed E-state index contributed by atoms with van der Waals surface area (Å²) in [5.74, 6) is -0.348. The molecule has 0 bridgehead atoms. The maximum absolute atomic E-state index is 12.7. The fraction of sp³-hybridized carbons (Fsp3) is 0.389. The molecule has 1 N–H and O–H groups in total. The molecule has 0 spiro atoms. The van der Waals surface area contributed by atoms with Crippen LogP contribution in [-0.2, 0) is 11.3 Å². The van der Waals surface area contributed by atoms with E-state index in [2.05, 4.69) is 22.0 Å². The number of carbonyl (C=O) groups is 2. The number of oxazole rings is 1. The lowest BCUT2D eigenvalue weighted by Crippen LogP contribution is -2.35. The molecule has 2 amide bonds. The van der Waals surface area contributed by atoms with Gasteiger partial charge in [-0.15, -0.1) is 0 Å². The van der Waals surface area contributed by atoms with Crippen molar-refractivity contribution < 1.29 is 18.7 Å². The van der Waals surface area contributed by atoms with Gasteiger partial charge < -0.3 is 19.4 Å². The zero-order valence-corrected chi connectivity index (χ0v) is 16.6. The largest absolute Gasteiger partial charge is 0.464 e. The lowest BCUT2D eigenvalue weighted by atomic mass is 10.2. The molecule has 2 rings (SSSR count). The summed E-state index contributed by atoms with van der Waals surface area (Å²) in [4.78, 5) is 29.8. The van der Waals surface area contributed by atoms with Crippen LogP contribution in [0.3, 0.4) is 0 Å². The number of aromatic nitrogens is 1. The van der Waals surface area contributed by atoms with Gasteiger partial charge in [-0.1, -0.05) is 43.0 Å². The first kappa shape index (κ1) is 21.1. The summed E-state index contributed by atoms with van der Waals surface area (Å²) in [5, 5.41) is 3.54. The van der Waals surface area contributed by atoms with E-state index in [4.69, 9.17) is 27.6 Å². The van der Waals surface area contributed by atoms with E-state index in [1.165, 1.54) is 13.4 Å². The van der Waals surface area contributed by atoms with E-state index in [-0.39, 0.29) is 24.2 Å². The average Bonchev–Trinajstić information content (AvgIpc) is 3.12. The van der Waals surface area contributed by atoms with E-state index in [1.54, 1.807) is 23.1 Å². The molecule has 0 radical (unpaired) electrons. The molecule has 0 fully saturated rings. The summed E-state index contributed by atoms with van der Waals surface area (Å²) in [5.41, 5.74) is 0.587. The highest BCUT2D eigenvalue weighted by Gasteiger charge is 2.19. The topological polar surface area (TPSA) is 84.7 Å². The summed E-state index contributed by atoms with van der Waals surface area (Å²) in [6.07, 6.45) is 4.04. The van der Waals surface area contributed by atoms with Gasteiger partial charge >= 0.3 is 12.0 Å². The number of amides is 2. The molecule has 0 aliphatic rings. The summed E-state index contributed by atoms with van der Waals surface area (Å²) < 4.78 is 9.89. The quantitative estimate of drug-likeness (QED) is 0.486. The van der Waals surface area contributed by atoms with Gasteiger partial charge in [-0.2, -0.15) is 0 Å². The number of rotatable bonds is 8. The van der Waals surface area contributed by atoms with Gasteiger partial charge in [-0.05, 0) is 24.6 Å². The number of ether oxygens (including phenoxy) is 1. The molecular weight excluding hydrogens is 393 g/mol. The Balaban J connectivity index is 2.09. The minimum Gasteiger partial charge on any atom is -0.464 e. The number of carbonyl (C=O) groups excluding carboxylic acids is 2. The lowest BCUT2D eigenvalue weighted by Gasteiger charge is -2.21. The fourth-order valence-electron chi connectivity index (χ4n) is 2.33. The Labute approximate surface area is 167 Å². The summed E-state index contributed by atoms with van der Waals surface area (Å²) in [7, 11) is 1.26. The van der Waals surface area contributed by atoms with Gasteiger partial charge in [0.1, 0.15) is 6.26 Å². The van der Waals surface area contributed by atoms with Crippen molar-refractivity contribution in [2.75, 3.05) is 19.0 Å². The van der Waals surface area contributed by atoms with Gasteiger partial charge in [-0.25, -0.2) is 14.6 Å². The van der Waals surface area contributed by atoms with Crippen LogP contribution in [0, 0.1) is 0 Å². The van der Waals surface area contributed by atoms with Gasteiger partial charge in [0.15, 0.2) is 5.69 Å². The van der Waals surface area contributed by atoms with Crippen molar-refractivity contribution in [3.8, 4) is 0 Å². The Bertz CT molecular complexity index is 795. The number of nitrogens with zero attached hydrogens (tertiary/aromatic N) is 2. The normalized spacial score (nSPS) is 10.5. The number of anilines is 1. The van der Waals surface area contributed by atoms with Crippen LogP contribution in [0.25, 0.3) is 0 Å². The zero-order valence-electron chi connectivity index (χ0n) is 15.1. The third-order valence-electron chi connectivity index (χ3n) is 3.76. The van der Waals surface area contributed by atoms with Gasteiger partial charge in [0, 0.05) is 12.2 Å². The number of benzene rings is 1. The van der Waals surface area contributed by atoms with E-state index in [1.807, 2.05) is 0 Å². The highest BCUT2D eigenvalue weighted by molar-refractivity contribution is 6.42. The Hall–Kier alpha value is -2.25. The van der Waals surface area contributed by atoms with Crippen LogP contribution >= 0.6 is 23.2 Å². The number of halogens is 2. The first-order chi connectivity index (χ1) is 12.9. The number of unbranched alkanes of at least 4 members (excludes halogenated alkanes) is 2. The number of esters is 1. The molecule has 1 aromatic heterocycles. The number of nitrogens with one attached hydrogen (secondary N) is 1. The molecular formula is C18H21Cl2N3O4. The Morgan fingerprint density at radius 3 is 2.70 bits per heavy atom. The van der Waals surface area contributed by atoms with Crippen LogP contribution < -0.4 is 5.32 Å². The van der Waals surface area contributed by atoms with Gasteiger partial charge in [0.25, 0.3) is 0 Å². The summed E-state index contributed by atoms with van der Waals surface area (Å²) >= 11 is 11.9. The monoisotopic (exact) mass is 413 g/mol. The molecule has 1 heterocycles. The summed E-state index contributed by atoms with van der Waals surface area (Å²) in [6.45, 7) is 2.71. The van der Waals surface area contributed by atoms with E-state index in [0.29, 0.717) is 22.3 Å². The van der Waals surface area contributed by atoms with Crippen molar-refractivity contribution in [3.63, 3.8) is 0 Å². The van der Waals surface area contributed by atoms with Crippen molar-refractivity contribution in [3.05, 3.63) is 46.1 Å². The summed E-state index contributed by atoms with van der Waals surface area (Å²) in [6, 6.07) is 4.52. The number of methoxy groups -OCH3 is 1. The lowest BCUT2D eigenvalue weighted by molar-refractivity contribution is 0.0594. The zero-order chi connectivity index (χ0) is 19.8. The van der Waals surface area contributed by atoms with Crippen LogP contribution in [0.5, 0.6) is 0 Å². The standard InChI is InChI=1S/C18H21Cl2N3O4/c1-3-4-5-8-23(10-16-22-15(11-27-16)17(24)26-2)18(25)21-12-6-7-13(19)14(20)9-12/h6-7,9,11H,3-5,8,10H2,1-2H3,(H,21,25). The molecule has 0 unspecified atom stereocenters. The first-order valence-corrected chi connectivity index (χ1v) is 9.23. The highest BCUT2D eigenvalue weighted by atomic mass is 35.5. The van der Waals surface area contributed by atoms with Crippen LogP contribution in [0.1, 0.15) is 42.6 Å². The smallest absolute Gasteiger partial charge is 0.360 e. The van der Waals surface area contributed by atoms with Crippen LogP contribution in [0.15, 0.2) is 28.9 Å². The minimum absolute atomic E-state index is 0.0610. The fourth-order valence-corrected chi connectivity index (χ4v) is 2.62. The first-order valence-electron chi connectivity index (χ1n) is 8.48.